The van der Waals surface area contributed by atoms with Crippen LogP contribution in [0.15, 0.2) is 0 Å². The van der Waals surface area contributed by atoms with Crippen LogP contribution in [0.5, 0.6) is 0 Å². The summed E-state index contributed by atoms with van der Waals surface area (Å²) in [6.07, 6.45) is 1.05. The molecule has 60 valence electrons. The zero-order valence-electron chi connectivity index (χ0n) is 6.17. The van der Waals surface area contributed by atoms with Gasteiger partial charge in [0.1, 0.15) is 0 Å². The Bertz CT molecular complexity index is 44.8. The monoisotopic (exact) mass is 162 g/mol. The molecule has 1 fully saturated rings. The Morgan fingerprint density at radius 3 is 2.00 bits per heavy atom. The van der Waals surface area contributed by atoms with Gasteiger partial charge in [-0.05, 0) is 6.42 Å². The zero-order chi connectivity index (χ0) is 7.07. The van der Waals surface area contributed by atoms with Crippen LogP contribution in [-0.4, -0.2) is 37.9 Å². The molecule has 10 heavy (non-hydrogen) atoms. The third-order valence-electron chi connectivity index (χ3n) is 1.32. The quantitative estimate of drug-likeness (QED) is 0.532. The molecule has 0 unspecified atom stereocenters. The molecule has 1 heterocycles. The maximum atomic E-state index is 5.31. The summed E-state index contributed by atoms with van der Waals surface area (Å²) in [4.78, 5) is 0. The van der Waals surface area contributed by atoms with E-state index >= 15 is 0 Å². The van der Waals surface area contributed by atoms with Gasteiger partial charge in [0.25, 0.3) is 0 Å². The van der Waals surface area contributed by atoms with E-state index in [1.165, 1.54) is 0 Å². The smallest absolute Gasteiger partial charge is 0.0556 e. The fraction of sp³-hybridized carbons (Fsp3) is 1.00. The van der Waals surface area contributed by atoms with Crippen molar-refractivity contribution < 1.29 is 9.47 Å². The maximum Gasteiger partial charge on any atom is 0.0556 e. The highest BCUT2D eigenvalue weighted by molar-refractivity contribution is 7.99. The highest BCUT2D eigenvalue weighted by atomic mass is 32.2. The molecule has 0 saturated carbocycles. The largest absolute Gasteiger partial charge is 0.381 e. The average molecular weight is 162 g/mol. The van der Waals surface area contributed by atoms with Gasteiger partial charge < -0.3 is 9.47 Å². The van der Waals surface area contributed by atoms with E-state index < -0.39 is 0 Å². The second-order valence-corrected chi connectivity index (χ2v) is 3.42. The first-order valence-corrected chi connectivity index (χ1v) is 4.89. The van der Waals surface area contributed by atoms with Gasteiger partial charge in [-0.15, -0.1) is 0 Å². The van der Waals surface area contributed by atoms with Gasteiger partial charge in [-0.1, -0.05) is 0 Å². The minimum Gasteiger partial charge on any atom is -0.381 e. The first-order chi connectivity index (χ1) is 5.00. The summed E-state index contributed by atoms with van der Waals surface area (Å²) in [6, 6.07) is 0. The Balaban J connectivity index is 2.00. The van der Waals surface area contributed by atoms with Crippen LogP contribution >= 0.6 is 11.8 Å². The van der Waals surface area contributed by atoms with Crippen molar-refractivity contribution in [3.63, 3.8) is 0 Å². The molecule has 1 aliphatic rings. The van der Waals surface area contributed by atoms with Crippen molar-refractivity contribution in [2.24, 2.45) is 0 Å². The van der Waals surface area contributed by atoms with E-state index in [1.807, 2.05) is 11.8 Å². The third kappa shape index (κ3) is 4.14. The third-order valence-corrected chi connectivity index (χ3v) is 2.23. The van der Waals surface area contributed by atoms with E-state index in [9.17, 15) is 0 Å². The van der Waals surface area contributed by atoms with Gasteiger partial charge in [-0.25, -0.2) is 0 Å². The van der Waals surface area contributed by atoms with Gasteiger partial charge >= 0.3 is 0 Å². The van der Waals surface area contributed by atoms with Crippen LogP contribution in [0, 0.1) is 0 Å². The number of hydrogen-bond donors (Lipinski definition) is 0. The minimum absolute atomic E-state index is 0.862. The van der Waals surface area contributed by atoms with Crippen LogP contribution < -0.4 is 0 Å². The molecular weight excluding hydrogens is 148 g/mol. The Hall–Kier alpha value is 0.270. The summed E-state index contributed by atoms with van der Waals surface area (Å²) in [5, 5.41) is 0. The molecule has 0 radical (unpaired) electrons. The molecule has 0 spiro atoms. The van der Waals surface area contributed by atoms with Crippen LogP contribution in [0.1, 0.15) is 6.42 Å². The van der Waals surface area contributed by atoms with Crippen LogP contribution in [0.3, 0.4) is 0 Å². The van der Waals surface area contributed by atoms with Crippen LogP contribution in [0.25, 0.3) is 0 Å². The molecule has 1 aliphatic heterocycles. The van der Waals surface area contributed by atoms with E-state index in [0.29, 0.717) is 0 Å². The number of hydrogen-bond acceptors (Lipinski definition) is 3. The lowest BCUT2D eigenvalue weighted by Crippen LogP contribution is -2.08. The van der Waals surface area contributed by atoms with Crippen molar-refractivity contribution in [2.45, 2.75) is 6.42 Å². The molecular formula is C7H14O2S. The van der Waals surface area contributed by atoms with Crippen LogP contribution in [-0.2, 0) is 9.47 Å². The van der Waals surface area contributed by atoms with Crippen molar-refractivity contribution in [3.8, 4) is 0 Å². The van der Waals surface area contributed by atoms with Crippen molar-refractivity contribution in [2.75, 3.05) is 37.9 Å². The molecule has 0 aromatic heterocycles. The summed E-state index contributed by atoms with van der Waals surface area (Å²) >= 11 is 1.90. The Morgan fingerprint density at radius 1 is 0.800 bits per heavy atom. The van der Waals surface area contributed by atoms with E-state index in [0.717, 1.165) is 44.4 Å². The number of thioether (sulfide) groups is 1. The lowest BCUT2D eigenvalue weighted by molar-refractivity contribution is 0.0936. The Morgan fingerprint density at radius 2 is 1.40 bits per heavy atom. The van der Waals surface area contributed by atoms with Crippen molar-refractivity contribution in [1.82, 2.24) is 0 Å². The second kappa shape index (κ2) is 6.01. The molecule has 1 rings (SSSR count). The molecule has 0 atom stereocenters. The predicted octanol–water partition coefficient (Wildman–Crippen LogP) is 1.16. The van der Waals surface area contributed by atoms with E-state index in [-0.39, 0.29) is 0 Å². The first-order valence-electron chi connectivity index (χ1n) is 3.73. The minimum atomic E-state index is 0.862. The number of ether oxygens (including phenoxy) is 2. The van der Waals surface area contributed by atoms with Gasteiger partial charge in [0, 0.05) is 24.7 Å². The van der Waals surface area contributed by atoms with E-state index in [4.69, 9.17) is 9.47 Å². The molecule has 0 aromatic rings. The van der Waals surface area contributed by atoms with E-state index in [1.54, 1.807) is 0 Å². The molecule has 0 N–H and O–H groups in total. The molecule has 2 nitrogen and oxygen atoms in total. The Kier molecular flexibility index (Phi) is 5.03. The van der Waals surface area contributed by atoms with Gasteiger partial charge in [0.2, 0.25) is 0 Å². The Labute approximate surface area is 66.3 Å². The van der Waals surface area contributed by atoms with Gasteiger partial charge in [0.05, 0.1) is 13.2 Å². The number of rotatable bonds is 0. The molecule has 1 saturated heterocycles. The van der Waals surface area contributed by atoms with Gasteiger partial charge in [-0.3, -0.25) is 0 Å². The standard InChI is InChI=1S/C7H14O2S/c1-2-8-4-6-10-7-5-9-3-1/h1-7H2. The first kappa shape index (κ1) is 8.37. The van der Waals surface area contributed by atoms with Crippen molar-refractivity contribution in [1.29, 1.82) is 0 Å². The summed E-state index contributed by atoms with van der Waals surface area (Å²) in [7, 11) is 0. The maximum absolute atomic E-state index is 5.31. The highest BCUT2D eigenvalue weighted by Crippen LogP contribution is 2.01. The molecule has 0 bridgehead atoms. The average Bonchev–Trinajstić information content (AvgIpc) is 2.01. The van der Waals surface area contributed by atoms with Gasteiger partial charge in [0.15, 0.2) is 0 Å². The SMILES string of the molecule is C1COCCSCCOC1. The normalized spacial score (nSPS) is 24.0. The molecule has 0 aliphatic carbocycles. The topological polar surface area (TPSA) is 18.5 Å². The molecule has 3 heteroatoms. The summed E-state index contributed by atoms with van der Waals surface area (Å²) < 4.78 is 10.6. The predicted molar refractivity (Wildman–Crippen MR) is 43.6 cm³/mol. The second-order valence-electron chi connectivity index (χ2n) is 2.19. The van der Waals surface area contributed by atoms with Crippen LogP contribution in [0.4, 0.5) is 0 Å². The lowest BCUT2D eigenvalue weighted by Gasteiger charge is -2.08. The molecule has 0 amide bonds. The fourth-order valence-corrected chi connectivity index (χ4v) is 1.48. The summed E-state index contributed by atoms with van der Waals surface area (Å²) in [5.41, 5.74) is 0. The highest BCUT2D eigenvalue weighted by Gasteiger charge is 1.95. The van der Waals surface area contributed by atoms with Gasteiger partial charge in [-0.2, -0.15) is 11.8 Å². The molecule has 0 aromatic carbocycles. The van der Waals surface area contributed by atoms with Crippen molar-refractivity contribution >= 4 is 11.8 Å². The lowest BCUT2D eigenvalue weighted by atomic mass is 10.5. The zero-order valence-corrected chi connectivity index (χ0v) is 6.99. The van der Waals surface area contributed by atoms with Crippen molar-refractivity contribution in [3.05, 3.63) is 0 Å². The summed E-state index contributed by atoms with van der Waals surface area (Å²) in [5.74, 6) is 2.23. The van der Waals surface area contributed by atoms with E-state index in [2.05, 4.69) is 0 Å². The van der Waals surface area contributed by atoms with Crippen LogP contribution in [0.2, 0.25) is 0 Å². The fourth-order valence-electron chi connectivity index (χ4n) is 0.805. The summed E-state index contributed by atoms with van der Waals surface area (Å²) in [6.45, 7) is 3.54.